The summed E-state index contributed by atoms with van der Waals surface area (Å²) >= 11 is 4.41. The Morgan fingerprint density at radius 3 is 2.67 bits per heavy atom. The fourth-order valence-electron chi connectivity index (χ4n) is 1.90. The van der Waals surface area contributed by atoms with E-state index in [0.29, 0.717) is 10.1 Å². The molecular formula is C14H7BrN6O2S. The summed E-state index contributed by atoms with van der Waals surface area (Å²) in [6.45, 7) is 0. The lowest BCUT2D eigenvalue weighted by atomic mass is 10.2. The summed E-state index contributed by atoms with van der Waals surface area (Å²) in [5, 5.41) is 32.0. The summed E-state index contributed by atoms with van der Waals surface area (Å²) in [6, 6.07) is 13.5. The number of tetrazole rings is 1. The fraction of sp³-hybridized carbons (Fsp3) is 0. The number of rotatable bonds is 4. The average Bonchev–Trinajstić information content (AvgIpc) is 3.04. The lowest BCUT2D eigenvalue weighted by molar-refractivity contribution is -0.387. The Labute approximate surface area is 148 Å². The first-order chi connectivity index (χ1) is 11.6. The van der Waals surface area contributed by atoms with E-state index in [-0.39, 0.29) is 11.3 Å². The van der Waals surface area contributed by atoms with Crippen LogP contribution >= 0.6 is 27.7 Å². The van der Waals surface area contributed by atoms with Crippen LogP contribution < -0.4 is 0 Å². The molecule has 0 bridgehead atoms. The molecule has 0 amide bonds. The maximum Gasteiger partial charge on any atom is 0.284 e. The van der Waals surface area contributed by atoms with Gasteiger partial charge in [0.05, 0.1) is 27.1 Å². The molecule has 0 N–H and O–H groups in total. The van der Waals surface area contributed by atoms with Crippen molar-refractivity contribution in [3.05, 3.63) is 62.6 Å². The molecule has 3 aromatic rings. The minimum absolute atomic E-state index is 0.163. The minimum atomic E-state index is -0.531. The summed E-state index contributed by atoms with van der Waals surface area (Å²) in [5.41, 5.74) is 0.782. The van der Waals surface area contributed by atoms with Crippen molar-refractivity contribution in [1.29, 1.82) is 5.26 Å². The van der Waals surface area contributed by atoms with Gasteiger partial charge in [-0.25, -0.2) is 0 Å². The predicted octanol–water partition coefficient (Wildman–Crippen LogP) is 3.36. The van der Waals surface area contributed by atoms with Crippen molar-refractivity contribution in [2.75, 3.05) is 0 Å². The molecule has 118 valence electrons. The Bertz CT molecular complexity index is 951. The number of nitro benzene ring substituents is 1. The number of aromatic nitrogens is 4. The van der Waals surface area contributed by atoms with Gasteiger partial charge in [0.2, 0.25) is 5.16 Å². The minimum Gasteiger partial charge on any atom is -0.258 e. The molecule has 10 heteroatoms. The first kappa shape index (κ1) is 16.1. The molecule has 0 aliphatic heterocycles. The van der Waals surface area contributed by atoms with Crippen molar-refractivity contribution in [2.45, 2.75) is 10.1 Å². The molecule has 0 saturated carbocycles. The quantitative estimate of drug-likeness (QED) is 0.485. The molecule has 3 rings (SSSR count). The summed E-state index contributed by atoms with van der Waals surface area (Å²) in [5.74, 6) is 0. The summed E-state index contributed by atoms with van der Waals surface area (Å²) in [6.07, 6.45) is 0. The topological polar surface area (TPSA) is 111 Å². The lowest BCUT2D eigenvalue weighted by Gasteiger charge is -2.05. The number of benzene rings is 2. The van der Waals surface area contributed by atoms with E-state index in [9.17, 15) is 10.1 Å². The van der Waals surface area contributed by atoms with E-state index in [1.165, 1.54) is 22.9 Å². The molecule has 0 unspecified atom stereocenters. The zero-order valence-electron chi connectivity index (χ0n) is 11.8. The number of hydrogen-bond donors (Lipinski definition) is 0. The highest BCUT2D eigenvalue weighted by Gasteiger charge is 2.19. The molecule has 24 heavy (non-hydrogen) atoms. The van der Waals surface area contributed by atoms with Gasteiger partial charge in [0.15, 0.2) is 0 Å². The van der Waals surface area contributed by atoms with Gasteiger partial charge in [-0.05, 0) is 58.6 Å². The third-order valence-corrected chi connectivity index (χ3v) is 4.53. The Balaban J connectivity index is 1.99. The zero-order valence-corrected chi connectivity index (χ0v) is 14.2. The molecular weight excluding hydrogens is 396 g/mol. The van der Waals surface area contributed by atoms with E-state index >= 15 is 0 Å². The van der Waals surface area contributed by atoms with E-state index in [4.69, 9.17) is 5.26 Å². The smallest absolute Gasteiger partial charge is 0.258 e. The number of hydrogen-bond acceptors (Lipinski definition) is 7. The van der Waals surface area contributed by atoms with Gasteiger partial charge >= 0.3 is 0 Å². The second-order valence-electron chi connectivity index (χ2n) is 4.50. The molecule has 0 aliphatic carbocycles. The Hall–Kier alpha value is -2.77. The van der Waals surface area contributed by atoms with Gasteiger partial charge in [-0.1, -0.05) is 15.9 Å². The third-order valence-electron chi connectivity index (χ3n) is 3.00. The van der Waals surface area contributed by atoms with Gasteiger partial charge in [0, 0.05) is 10.5 Å². The van der Waals surface area contributed by atoms with Crippen LogP contribution in [0.2, 0.25) is 0 Å². The third kappa shape index (κ3) is 3.27. The number of nitrogens with zero attached hydrogens (tertiary/aromatic N) is 6. The van der Waals surface area contributed by atoms with E-state index in [1.807, 2.05) is 30.3 Å². The largest absolute Gasteiger partial charge is 0.284 e. The van der Waals surface area contributed by atoms with Crippen molar-refractivity contribution in [3.63, 3.8) is 0 Å². The standard InChI is InChI=1S/C14H7BrN6O2S/c15-10-2-4-11(5-3-10)20-14(17-18-19-20)24-13-6-1-9(8-16)7-12(13)21(22)23/h1-7H. The Kier molecular flexibility index (Phi) is 4.54. The van der Waals surface area contributed by atoms with Gasteiger partial charge in [0.1, 0.15) is 0 Å². The second-order valence-corrected chi connectivity index (χ2v) is 6.43. The van der Waals surface area contributed by atoms with Crippen LogP contribution in [-0.2, 0) is 0 Å². The van der Waals surface area contributed by atoms with E-state index < -0.39 is 4.92 Å². The molecule has 0 radical (unpaired) electrons. The maximum absolute atomic E-state index is 11.2. The van der Waals surface area contributed by atoms with Crippen LogP contribution in [0.3, 0.4) is 0 Å². The monoisotopic (exact) mass is 402 g/mol. The molecule has 0 saturated heterocycles. The number of nitriles is 1. The molecule has 0 spiro atoms. The first-order valence-corrected chi connectivity index (χ1v) is 8.10. The predicted molar refractivity (Wildman–Crippen MR) is 88.8 cm³/mol. The molecule has 2 aromatic carbocycles. The van der Waals surface area contributed by atoms with Crippen molar-refractivity contribution >= 4 is 33.4 Å². The van der Waals surface area contributed by atoms with Gasteiger partial charge < -0.3 is 0 Å². The number of halogens is 1. The van der Waals surface area contributed by atoms with Gasteiger partial charge in [-0.3, -0.25) is 10.1 Å². The van der Waals surface area contributed by atoms with Crippen LogP contribution in [0.5, 0.6) is 0 Å². The Morgan fingerprint density at radius 1 is 1.25 bits per heavy atom. The highest BCUT2D eigenvalue weighted by molar-refractivity contribution is 9.10. The van der Waals surface area contributed by atoms with Gasteiger partial charge in [-0.2, -0.15) is 9.94 Å². The summed E-state index contributed by atoms with van der Waals surface area (Å²) in [4.78, 5) is 11.1. The molecule has 0 aliphatic rings. The first-order valence-electron chi connectivity index (χ1n) is 6.49. The van der Waals surface area contributed by atoms with Crippen molar-refractivity contribution in [1.82, 2.24) is 20.2 Å². The van der Waals surface area contributed by atoms with Crippen LogP contribution in [0, 0.1) is 21.4 Å². The SMILES string of the molecule is N#Cc1ccc(Sc2nnnn2-c2ccc(Br)cc2)c([N+](=O)[O-])c1. The molecule has 1 aromatic heterocycles. The van der Waals surface area contributed by atoms with Crippen LogP contribution in [0.4, 0.5) is 5.69 Å². The average molecular weight is 403 g/mol. The van der Waals surface area contributed by atoms with E-state index in [1.54, 1.807) is 0 Å². The van der Waals surface area contributed by atoms with Crippen molar-refractivity contribution in [2.24, 2.45) is 0 Å². The fourth-order valence-corrected chi connectivity index (χ4v) is 3.04. The maximum atomic E-state index is 11.2. The molecule has 8 nitrogen and oxygen atoms in total. The van der Waals surface area contributed by atoms with E-state index in [2.05, 4.69) is 31.5 Å². The highest BCUT2D eigenvalue weighted by Crippen LogP contribution is 2.34. The van der Waals surface area contributed by atoms with Crippen molar-refractivity contribution in [3.8, 4) is 11.8 Å². The van der Waals surface area contributed by atoms with Gasteiger partial charge in [-0.15, -0.1) is 5.10 Å². The normalized spacial score (nSPS) is 10.3. The molecule has 0 atom stereocenters. The zero-order chi connectivity index (χ0) is 17.1. The van der Waals surface area contributed by atoms with Crippen LogP contribution in [0.25, 0.3) is 5.69 Å². The van der Waals surface area contributed by atoms with Gasteiger partial charge in [0.25, 0.3) is 5.69 Å². The summed E-state index contributed by atoms with van der Waals surface area (Å²) < 4.78 is 2.40. The second kappa shape index (κ2) is 6.77. The summed E-state index contributed by atoms with van der Waals surface area (Å²) in [7, 11) is 0. The van der Waals surface area contributed by atoms with Crippen LogP contribution in [0.15, 0.2) is 57.0 Å². The number of nitro groups is 1. The molecule has 0 fully saturated rings. The Morgan fingerprint density at radius 2 is 2.00 bits per heavy atom. The van der Waals surface area contributed by atoms with E-state index in [0.717, 1.165) is 21.9 Å². The molecule has 1 heterocycles. The lowest BCUT2D eigenvalue weighted by Crippen LogP contribution is -1.99. The highest BCUT2D eigenvalue weighted by atomic mass is 79.9. The van der Waals surface area contributed by atoms with Crippen LogP contribution in [0.1, 0.15) is 5.56 Å². The van der Waals surface area contributed by atoms with Crippen molar-refractivity contribution < 1.29 is 4.92 Å². The van der Waals surface area contributed by atoms with Crippen LogP contribution in [-0.4, -0.2) is 25.1 Å².